The minimum atomic E-state index is -0.400. The third-order valence-corrected chi connectivity index (χ3v) is 7.61. The van der Waals surface area contributed by atoms with Gasteiger partial charge in [0.05, 0.1) is 54.4 Å². The number of nitrogens with zero attached hydrogens (tertiary/aromatic N) is 5. The van der Waals surface area contributed by atoms with Gasteiger partial charge >= 0.3 is 5.97 Å². The maximum absolute atomic E-state index is 13.4. The van der Waals surface area contributed by atoms with Crippen LogP contribution in [0.4, 0.5) is 0 Å². The largest absolute Gasteiger partial charge is 0.466 e. The lowest BCUT2D eigenvalue weighted by Crippen LogP contribution is -2.28. The first kappa shape index (κ1) is 26.1. The van der Waals surface area contributed by atoms with E-state index in [2.05, 4.69) is 32.5 Å². The molecule has 4 aromatic heterocycles. The molecule has 1 amide bonds. The van der Waals surface area contributed by atoms with Crippen LogP contribution >= 0.6 is 11.6 Å². The van der Waals surface area contributed by atoms with E-state index in [1.54, 1.807) is 31.6 Å². The number of carbonyl (C=O) groups excluding carboxylic acids is 2. The van der Waals surface area contributed by atoms with Crippen molar-refractivity contribution in [3.8, 4) is 0 Å². The molecule has 0 bridgehead atoms. The van der Waals surface area contributed by atoms with E-state index in [0.717, 1.165) is 16.9 Å². The molecule has 0 saturated heterocycles. The molecule has 2 fully saturated rings. The predicted octanol–water partition coefficient (Wildman–Crippen LogP) is 3.81. The van der Waals surface area contributed by atoms with Gasteiger partial charge in [-0.3, -0.25) is 14.6 Å². The van der Waals surface area contributed by atoms with Crippen LogP contribution in [0.1, 0.15) is 49.1 Å². The van der Waals surface area contributed by atoms with Crippen molar-refractivity contribution in [3.63, 3.8) is 0 Å². The Balaban J connectivity index is 1.20. The Hall–Kier alpha value is -4.18. The number of aromatic nitrogens is 4. The second-order valence-corrected chi connectivity index (χ2v) is 10.7. The summed E-state index contributed by atoms with van der Waals surface area (Å²) in [6, 6.07) is 7.71. The van der Waals surface area contributed by atoms with E-state index >= 15 is 0 Å². The number of nitrogens with one attached hydrogen (secondary N) is 1. The van der Waals surface area contributed by atoms with E-state index in [4.69, 9.17) is 22.1 Å². The Morgan fingerprint density at radius 2 is 2.08 bits per heavy atom. The van der Waals surface area contributed by atoms with Crippen molar-refractivity contribution in [3.05, 3.63) is 82.4 Å². The van der Waals surface area contributed by atoms with E-state index in [-0.39, 0.29) is 36.5 Å². The number of allylic oxidation sites excluding steroid dienone is 1. The minimum absolute atomic E-state index is 0.169. The first-order chi connectivity index (χ1) is 19.4. The molecule has 6 rings (SSSR count). The second-order valence-electron chi connectivity index (χ2n) is 10.3. The van der Waals surface area contributed by atoms with Crippen LogP contribution in [-0.4, -0.2) is 43.5 Å². The maximum atomic E-state index is 13.4. The zero-order chi connectivity index (χ0) is 27.8. The van der Waals surface area contributed by atoms with Gasteiger partial charge < -0.3 is 24.6 Å². The number of imidazole rings is 2. The van der Waals surface area contributed by atoms with Gasteiger partial charge in [-0.2, -0.15) is 0 Å². The number of fused-ring (bicyclic) bond motifs is 2. The molecule has 0 spiro atoms. The van der Waals surface area contributed by atoms with Crippen molar-refractivity contribution in [1.29, 1.82) is 0 Å². The highest BCUT2D eigenvalue weighted by Gasteiger charge is 2.47. The van der Waals surface area contributed by atoms with E-state index in [1.165, 1.54) is 24.6 Å². The summed E-state index contributed by atoms with van der Waals surface area (Å²) in [6.45, 7) is 2.51. The molecule has 40 heavy (non-hydrogen) atoms. The number of ether oxygens (including phenoxy) is 1. The number of aliphatic imine (C=N–C) groups is 1. The topological polar surface area (TPSA) is 128 Å². The van der Waals surface area contributed by atoms with Crippen LogP contribution in [0.5, 0.6) is 0 Å². The van der Waals surface area contributed by atoms with Crippen LogP contribution in [0.2, 0.25) is 5.02 Å². The van der Waals surface area contributed by atoms with Crippen LogP contribution in [-0.2, 0) is 27.4 Å². The molecule has 0 radical (unpaired) electrons. The molecule has 3 N–H and O–H groups in total. The SMILES string of the molecule is CCOC(=O)C1CC1C(N)=C(C=NCc1cn2cc(C3CC3)ccc2n1)C(=O)NCc1ncn2ccc(Cl)cc12. The predicted molar refractivity (Wildman–Crippen MR) is 151 cm³/mol. The van der Waals surface area contributed by atoms with Crippen molar-refractivity contribution in [1.82, 2.24) is 24.1 Å². The van der Waals surface area contributed by atoms with Gasteiger partial charge in [-0.05, 0) is 55.9 Å². The monoisotopic (exact) mass is 559 g/mol. The van der Waals surface area contributed by atoms with Gasteiger partial charge in [0.15, 0.2) is 0 Å². The molecular weight excluding hydrogens is 530 g/mol. The first-order valence-corrected chi connectivity index (χ1v) is 13.8. The Bertz CT molecular complexity index is 1670. The fourth-order valence-electron chi connectivity index (χ4n) is 4.95. The lowest BCUT2D eigenvalue weighted by molar-refractivity contribution is -0.144. The molecule has 2 aliphatic carbocycles. The van der Waals surface area contributed by atoms with E-state index in [9.17, 15) is 9.59 Å². The number of rotatable bonds is 10. The second kappa shape index (κ2) is 10.8. The maximum Gasteiger partial charge on any atom is 0.309 e. The molecule has 2 saturated carbocycles. The lowest BCUT2D eigenvalue weighted by Gasteiger charge is -2.09. The molecule has 206 valence electrons. The van der Waals surface area contributed by atoms with Gasteiger partial charge in [0.1, 0.15) is 5.65 Å². The van der Waals surface area contributed by atoms with Gasteiger partial charge in [0, 0.05) is 41.4 Å². The molecule has 11 heteroatoms. The minimum Gasteiger partial charge on any atom is -0.466 e. The molecule has 0 aliphatic heterocycles. The van der Waals surface area contributed by atoms with Crippen LogP contribution < -0.4 is 11.1 Å². The standard InChI is InChI=1S/C29H30ClN7O3/c1-2-40-29(39)22-10-21(22)27(31)23(28(38)33-13-24-25-9-19(30)7-8-36(25)16-34-24)12-32-11-20-15-37-14-18(17-3-4-17)5-6-26(37)35-20/h5-9,12,14-17,21-22H,2-4,10-11,13,31H2,1H3,(H,33,38). The van der Waals surface area contributed by atoms with Gasteiger partial charge in [-0.1, -0.05) is 17.7 Å². The first-order valence-electron chi connectivity index (χ1n) is 13.4. The smallest absolute Gasteiger partial charge is 0.309 e. The highest BCUT2D eigenvalue weighted by Crippen LogP contribution is 2.44. The van der Waals surface area contributed by atoms with Crippen LogP contribution in [0, 0.1) is 11.8 Å². The summed E-state index contributed by atoms with van der Waals surface area (Å²) in [5.41, 5.74) is 11.4. The van der Waals surface area contributed by atoms with E-state index < -0.39 is 5.91 Å². The fourth-order valence-corrected chi connectivity index (χ4v) is 5.11. The van der Waals surface area contributed by atoms with Gasteiger partial charge in [-0.15, -0.1) is 0 Å². The highest BCUT2D eigenvalue weighted by molar-refractivity contribution is 6.30. The summed E-state index contributed by atoms with van der Waals surface area (Å²) < 4.78 is 8.99. The van der Waals surface area contributed by atoms with Crippen LogP contribution in [0.3, 0.4) is 0 Å². The summed E-state index contributed by atoms with van der Waals surface area (Å²) in [6.07, 6.45) is 12.0. The zero-order valence-electron chi connectivity index (χ0n) is 22.1. The summed E-state index contributed by atoms with van der Waals surface area (Å²) in [7, 11) is 0. The number of esters is 1. The molecule has 0 aromatic carbocycles. The molecule has 2 atom stereocenters. The molecule has 4 heterocycles. The molecule has 2 unspecified atom stereocenters. The molecular formula is C29H30ClN7O3. The van der Waals surface area contributed by atoms with Crippen molar-refractivity contribution in [2.75, 3.05) is 6.61 Å². The normalized spacial score (nSPS) is 19.2. The third-order valence-electron chi connectivity index (χ3n) is 7.38. The van der Waals surface area contributed by atoms with Gasteiger partial charge in [0.25, 0.3) is 5.91 Å². The zero-order valence-corrected chi connectivity index (χ0v) is 22.8. The van der Waals surface area contributed by atoms with E-state index in [0.29, 0.717) is 35.4 Å². The number of carbonyl (C=O) groups is 2. The fraction of sp³-hybridized carbons (Fsp3) is 0.345. The molecule has 2 aliphatic rings. The number of amides is 1. The van der Waals surface area contributed by atoms with Gasteiger partial charge in [-0.25, -0.2) is 9.97 Å². The summed E-state index contributed by atoms with van der Waals surface area (Å²) in [5, 5.41) is 3.48. The van der Waals surface area contributed by atoms with Crippen LogP contribution in [0.25, 0.3) is 11.2 Å². The Kier molecular flexibility index (Phi) is 7.02. The Morgan fingerprint density at radius 1 is 1.23 bits per heavy atom. The van der Waals surface area contributed by atoms with Crippen molar-refractivity contribution in [2.24, 2.45) is 22.6 Å². The lowest BCUT2D eigenvalue weighted by atomic mass is 10.1. The van der Waals surface area contributed by atoms with Crippen molar-refractivity contribution in [2.45, 2.75) is 45.2 Å². The quantitative estimate of drug-likeness (QED) is 0.173. The number of hydrogen-bond acceptors (Lipinski definition) is 7. The number of nitrogens with two attached hydrogens (primary N) is 1. The third kappa shape index (κ3) is 5.44. The summed E-state index contributed by atoms with van der Waals surface area (Å²) >= 11 is 6.15. The average molecular weight is 560 g/mol. The summed E-state index contributed by atoms with van der Waals surface area (Å²) in [5.74, 6) is -0.670. The van der Waals surface area contributed by atoms with Crippen molar-refractivity contribution < 1.29 is 14.3 Å². The highest BCUT2D eigenvalue weighted by atomic mass is 35.5. The number of halogens is 1. The van der Waals surface area contributed by atoms with E-state index in [1.807, 2.05) is 21.1 Å². The Morgan fingerprint density at radius 3 is 2.88 bits per heavy atom. The molecule has 4 aromatic rings. The molecule has 10 nitrogen and oxygen atoms in total. The summed E-state index contributed by atoms with van der Waals surface area (Å²) in [4.78, 5) is 39.2. The number of pyridine rings is 2. The Labute approximate surface area is 235 Å². The number of hydrogen-bond donors (Lipinski definition) is 2. The van der Waals surface area contributed by atoms with Crippen LogP contribution in [0.15, 0.2) is 65.4 Å². The average Bonchev–Trinajstić information content (AvgIpc) is 3.87. The van der Waals surface area contributed by atoms with Gasteiger partial charge in [0.2, 0.25) is 0 Å². The van der Waals surface area contributed by atoms with Crippen molar-refractivity contribution >= 4 is 40.9 Å².